The Morgan fingerprint density at radius 1 is 0.258 bits per heavy atom. The summed E-state index contributed by atoms with van der Waals surface area (Å²) in [6, 6.07) is 90.3. The molecule has 12 rings (SSSR count). The molecule has 11 aromatic carbocycles. The molecule has 2 heteroatoms. The fourth-order valence-corrected chi connectivity index (χ4v) is 10.2. The van der Waals surface area contributed by atoms with Crippen LogP contribution in [0, 0.1) is 0 Å². The largest absolute Gasteiger partial charge is 0.311 e. The third-order valence-corrected chi connectivity index (χ3v) is 13.1. The number of rotatable bonds is 10. The lowest BCUT2D eigenvalue weighted by molar-refractivity contribution is 1.28. The highest BCUT2D eigenvalue weighted by molar-refractivity contribution is 6.28. The molecule has 0 bridgehead atoms. The molecule has 0 aromatic heterocycles. The third kappa shape index (κ3) is 6.58. The van der Waals surface area contributed by atoms with Crippen LogP contribution >= 0.6 is 0 Å². The van der Waals surface area contributed by atoms with Crippen molar-refractivity contribution in [1.82, 2.24) is 0 Å². The first kappa shape index (κ1) is 38.9. The summed E-state index contributed by atoms with van der Waals surface area (Å²) in [5.74, 6) is 0. The van der Waals surface area contributed by atoms with Gasteiger partial charge in [-0.3, -0.25) is 0 Å². The van der Waals surface area contributed by atoms with E-state index in [1.54, 1.807) is 0 Å². The summed E-state index contributed by atoms with van der Waals surface area (Å²) in [5, 5.41) is 5.00. The minimum absolute atomic E-state index is 1.10. The van der Waals surface area contributed by atoms with Gasteiger partial charge in [-0.05, 0) is 156 Å². The van der Waals surface area contributed by atoms with Crippen LogP contribution in [0.2, 0.25) is 0 Å². The van der Waals surface area contributed by atoms with Gasteiger partial charge in [0, 0.05) is 34.1 Å². The lowest BCUT2D eigenvalue weighted by Crippen LogP contribution is -2.09. The summed E-state index contributed by atoms with van der Waals surface area (Å²) in [6.45, 7) is 4.00. The molecule has 66 heavy (non-hydrogen) atoms. The van der Waals surface area contributed by atoms with Crippen molar-refractivity contribution in [3.8, 4) is 55.6 Å². The molecule has 1 aliphatic rings. The van der Waals surface area contributed by atoms with Crippen LogP contribution in [0.4, 0.5) is 34.1 Å². The van der Waals surface area contributed by atoms with E-state index in [9.17, 15) is 0 Å². The van der Waals surface area contributed by atoms with Gasteiger partial charge in [0.2, 0.25) is 0 Å². The summed E-state index contributed by atoms with van der Waals surface area (Å²) in [4.78, 5) is 4.66. The van der Waals surface area contributed by atoms with E-state index >= 15 is 0 Å². The van der Waals surface area contributed by atoms with Crippen LogP contribution in [0.3, 0.4) is 0 Å². The molecule has 0 unspecified atom stereocenters. The molecule has 0 radical (unpaired) electrons. The van der Waals surface area contributed by atoms with Gasteiger partial charge in [0.25, 0.3) is 0 Å². The smallest absolute Gasteiger partial charge is 0.0462 e. The van der Waals surface area contributed by atoms with Gasteiger partial charge in [-0.15, -0.1) is 0 Å². The van der Waals surface area contributed by atoms with Gasteiger partial charge in [0.05, 0.1) is 0 Å². The average molecular weight is 841 g/mol. The minimum atomic E-state index is 1.10. The van der Waals surface area contributed by atoms with Gasteiger partial charge in [0.15, 0.2) is 0 Å². The number of benzene rings is 11. The second-order valence-corrected chi connectivity index (χ2v) is 16.9. The molecule has 0 spiro atoms. The van der Waals surface area contributed by atoms with Crippen LogP contribution in [-0.2, 0) is 0 Å². The number of hydrogen-bond acceptors (Lipinski definition) is 2. The van der Waals surface area contributed by atoms with E-state index in [4.69, 9.17) is 0 Å². The Morgan fingerprint density at radius 3 is 1.03 bits per heavy atom. The van der Waals surface area contributed by atoms with Gasteiger partial charge < -0.3 is 9.80 Å². The van der Waals surface area contributed by atoms with Crippen LogP contribution in [0.25, 0.3) is 83.3 Å². The van der Waals surface area contributed by atoms with Gasteiger partial charge in [-0.2, -0.15) is 0 Å². The Morgan fingerprint density at radius 2 is 0.606 bits per heavy atom. The Labute approximate surface area is 386 Å². The van der Waals surface area contributed by atoms with Crippen molar-refractivity contribution >= 4 is 61.7 Å². The monoisotopic (exact) mass is 840 g/mol. The van der Waals surface area contributed by atoms with Gasteiger partial charge in [0.1, 0.15) is 0 Å². The zero-order valence-corrected chi connectivity index (χ0v) is 36.4. The van der Waals surface area contributed by atoms with Crippen LogP contribution in [-0.4, -0.2) is 0 Å². The van der Waals surface area contributed by atoms with Crippen LogP contribution in [0.1, 0.15) is 5.56 Å². The maximum absolute atomic E-state index is 4.00. The predicted octanol–water partition coefficient (Wildman–Crippen LogP) is 18.2. The van der Waals surface area contributed by atoms with E-state index in [-0.39, 0.29) is 0 Å². The summed E-state index contributed by atoms with van der Waals surface area (Å²) >= 11 is 0. The van der Waals surface area contributed by atoms with Crippen molar-refractivity contribution in [1.29, 1.82) is 0 Å². The number of nitrogens with zero attached hydrogens (tertiary/aromatic N) is 2. The molecule has 0 saturated heterocycles. The van der Waals surface area contributed by atoms with Crippen LogP contribution in [0.5, 0.6) is 0 Å². The zero-order chi connectivity index (χ0) is 44.0. The highest BCUT2D eigenvalue weighted by Crippen LogP contribution is 2.59. The van der Waals surface area contributed by atoms with Crippen molar-refractivity contribution in [2.24, 2.45) is 0 Å². The third-order valence-electron chi connectivity index (χ3n) is 13.1. The molecule has 0 amide bonds. The summed E-state index contributed by atoms with van der Waals surface area (Å²) in [5.41, 5.74) is 20.1. The standard InChI is InChI=1S/C64H44N2/c1-2-44-30-32-45(33-31-44)54-42-43-59-62-55(54)28-17-29-58(62)63-60(46-34-38-52(39-35-46)65(48-18-7-3-8-19-48)49-20-9-4-10-21-49)56-26-15-16-27-57(56)61(64(59)63)47-36-40-53(41-37-47)66(50-22-11-5-12-23-50)51-24-13-6-14-25-51/h2-43H,1H2. The first-order valence-corrected chi connectivity index (χ1v) is 22.6. The first-order chi connectivity index (χ1) is 32.7. The summed E-state index contributed by atoms with van der Waals surface area (Å²) < 4.78 is 0. The average Bonchev–Trinajstić information content (AvgIpc) is 3.72. The summed E-state index contributed by atoms with van der Waals surface area (Å²) in [7, 11) is 0. The molecule has 0 saturated carbocycles. The molecule has 0 fully saturated rings. The number of fused-ring (bicyclic) bond motifs is 4. The Bertz CT molecular complexity index is 3290. The van der Waals surface area contributed by atoms with Gasteiger partial charge >= 0.3 is 0 Å². The highest BCUT2D eigenvalue weighted by Gasteiger charge is 2.31. The Balaban J connectivity index is 1.09. The van der Waals surface area contributed by atoms with E-state index in [0.29, 0.717) is 0 Å². The topological polar surface area (TPSA) is 6.48 Å². The first-order valence-electron chi connectivity index (χ1n) is 22.6. The zero-order valence-electron chi connectivity index (χ0n) is 36.4. The Hall–Kier alpha value is -8.72. The quantitative estimate of drug-likeness (QED) is 0.135. The normalized spacial score (nSPS) is 11.4. The summed E-state index contributed by atoms with van der Waals surface area (Å²) in [6.07, 6.45) is 1.91. The molecule has 1 aliphatic carbocycles. The number of anilines is 6. The van der Waals surface area contributed by atoms with Crippen molar-refractivity contribution in [2.75, 3.05) is 9.80 Å². The molecule has 0 N–H and O–H groups in total. The van der Waals surface area contributed by atoms with Crippen molar-refractivity contribution < 1.29 is 0 Å². The van der Waals surface area contributed by atoms with Crippen molar-refractivity contribution in [2.45, 2.75) is 0 Å². The van der Waals surface area contributed by atoms with Crippen molar-refractivity contribution in [3.63, 3.8) is 0 Å². The highest BCUT2D eigenvalue weighted by atomic mass is 15.1. The van der Waals surface area contributed by atoms with Gasteiger partial charge in [-0.1, -0.05) is 189 Å². The van der Waals surface area contributed by atoms with Crippen LogP contribution in [0.15, 0.2) is 255 Å². The second-order valence-electron chi connectivity index (χ2n) is 16.9. The Kier molecular flexibility index (Phi) is 9.69. The molecule has 11 aromatic rings. The maximum atomic E-state index is 4.00. The predicted molar refractivity (Wildman–Crippen MR) is 282 cm³/mol. The molecule has 0 aliphatic heterocycles. The maximum Gasteiger partial charge on any atom is 0.0462 e. The molecule has 0 heterocycles. The fourth-order valence-electron chi connectivity index (χ4n) is 10.2. The molecular weight excluding hydrogens is 797 g/mol. The van der Waals surface area contributed by atoms with E-state index in [1.165, 1.54) is 77.2 Å². The SMILES string of the molecule is C=Cc1ccc(-c2ccc3c4c(cccc24)-c2c-3c(-c3ccc(N(c4ccccc4)c4ccccc4)cc3)c3ccccc3c2-c2ccc(N(c3ccccc3)c3ccccc3)cc2)cc1. The molecular formula is C64H44N2. The lowest BCUT2D eigenvalue weighted by atomic mass is 9.82. The minimum Gasteiger partial charge on any atom is -0.311 e. The lowest BCUT2D eigenvalue weighted by Gasteiger charge is -2.26. The molecule has 2 nitrogen and oxygen atoms in total. The van der Waals surface area contributed by atoms with Crippen LogP contribution < -0.4 is 9.80 Å². The van der Waals surface area contributed by atoms with E-state index < -0.39 is 0 Å². The van der Waals surface area contributed by atoms with E-state index in [1.807, 2.05) is 6.08 Å². The molecule has 0 atom stereocenters. The fraction of sp³-hybridized carbons (Fsp3) is 0. The van der Waals surface area contributed by atoms with Crippen molar-refractivity contribution in [3.05, 3.63) is 261 Å². The van der Waals surface area contributed by atoms with E-state index in [2.05, 4.69) is 265 Å². The van der Waals surface area contributed by atoms with E-state index in [0.717, 1.165) is 39.7 Å². The number of para-hydroxylation sites is 4. The second kappa shape index (κ2) is 16.4. The molecule has 310 valence electrons. The van der Waals surface area contributed by atoms with Gasteiger partial charge in [-0.25, -0.2) is 0 Å². The number of hydrogen-bond donors (Lipinski definition) is 0.